The molecule has 3 N–H and O–H groups in total. The van der Waals surface area contributed by atoms with Gasteiger partial charge in [0.2, 0.25) is 0 Å². The Hall–Kier alpha value is -1.22. The molecular weight excluding hydrogens is 260 g/mol. The number of nitrogens with one attached hydrogen (secondary N) is 1. The average molecular weight is 290 g/mol. The molecule has 0 aliphatic heterocycles. The third-order valence-corrected chi connectivity index (χ3v) is 5.06. The molecule has 3 nitrogen and oxygen atoms in total. The van der Waals surface area contributed by atoms with Gasteiger partial charge in [-0.15, -0.1) is 0 Å². The van der Waals surface area contributed by atoms with E-state index in [9.17, 15) is 0 Å². The summed E-state index contributed by atoms with van der Waals surface area (Å²) in [6.07, 6.45) is 4.81. The van der Waals surface area contributed by atoms with Crippen LogP contribution in [-0.2, 0) is 0 Å². The lowest BCUT2D eigenvalue weighted by Gasteiger charge is -2.44. The fourth-order valence-electron chi connectivity index (χ4n) is 3.40. The molecule has 1 aliphatic carbocycles. The summed E-state index contributed by atoms with van der Waals surface area (Å²) < 4.78 is 5.21. The number of methoxy groups -OCH3 is 1. The molecule has 2 rings (SSSR count). The summed E-state index contributed by atoms with van der Waals surface area (Å²) >= 11 is 0. The highest BCUT2D eigenvalue weighted by atomic mass is 16.5. The van der Waals surface area contributed by atoms with Gasteiger partial charge in [0, 0.05) is 17.8 Å². The van der Waals surface area contributed by atoms with Crippen LogP contribution < -0.4 is 15.8 Å². The van der Waals surface area contributed by atoms with Gasteiger partial charge in [-0.25, -0.2) is 0 Å². The van der Waals surface area contributed by atoms with E-state index < -0.39 is 0 Å². The van der Waals surface area contributed by atoms with Crippen molar-refractivity contribution in [2.75, 3.05) is 19.0 Å². The minimum atomic E-state index is 0.0519. The van der Waals surface area contributed by atoms with Crippen LogP contribution in [0.25, 0.3) is 0 Å². The van der Waals surface area contributed by atoms with Gasteiger partial charge >= 0.3 is 0 Å². The molecule has 0 atom stereocenters. The Labute approximate surface area is 129 Å². The zero-order chi connectivity index (χ0) is 15.5. The molecule has 3 heteroatoms. The van der Waals surface area contributed by atoms with Gasteiger partial charge in [0.1, 0.15) is 5.75 Å². The van der Waals surface area contributed by atoms with E-state index in [0.717, 1.165) is 30.2 Å². The molecule has 1 aromatic rings. The molecule has 0 bridgehead atoms. The van der Waals surface area contributed by atoms with Crippen molar-refractivity contribution < 1.29 is 4.74 Å². The van der Waals surface area contributed by atoms with E-state index >= 15 is 0 Å². The molecule has 0 aromatic heterocycles. The monoisotopic (exact) mass is 290 g/mol. The Morgan fingerprint density at radius 1 is 1.19 bits per heavy atom. The Balaban J connectivity index is 2.02. The first-order valence-electron chi connectivity index (χ1n) is 8.01. The molecule has 0 spiro atoms. The second kappa shape index (κ2) is 6.27. The van der Waals surface area contributed by atoms with E-state index in [1.165, 1.54) is 12.8 Å². The molecule has 0 heterocycles. The molecule has 0 radical (unpaired) electrons. The highest BCUT2D eigenvalue weighted by Gasteiger charge is 2.37. The molecule has 1 fully saturated rings. The van der Waals surface area contributed by atoms with Crippen molar-refractivity contribution in [3.05, 3.63) is 24.3 Å². The normalized spacial score (nSPS) is 26.4. The van der Waals surface area contributed by atoms with Crippen LogP contribution in [0.5, 0.6) is 5.75 Å². The summed E-state index contributed by atoms with van der Waals surface area (Å²) in [5.41, 5.74) is 7.70. The van der Waals surface area contributed by atoms with Crippen LogP contribution in [0.3, 0.4) is 0 Å². The van der Waals surface area contributed by atoms with E-state index in [1.54, 1.807) is 7.11 Å². The number of benzene rings is 1. The molecule has 1 aromatic carbocycles. The van der Waals surface area contributed by atoms with Crippen molar-refractivity contribution in [1.82, 2.24) is 0 Å². The van der Waals surface area contributed by atoms with E-state index in [0.29, 0.717) is 12.0 Å². The second-order valence-electron chi connectivity index (χ2n) is 7.48. The summed E-state index contributed by atoms with van der Waals surface area (Å²) in [5.74, 6) is 1.69. The topological polar surface area (TPSA) is 47.3 Å². The number of nitrogens with two attached hydrogens (primary N) is 1. The molecule has 1 saturated carbocycles. The van der Waals surface area contributed by atoms with E-state index in [2.05, 4.69) is 38.2 Å². The van der Waals surface area contributed by atoms with Crippen LogP contribution in [0.4, 0.5) is 5.69 Å². The Kier molecular flexibility index (Phi) is 4.82. The highest BCUT2D eigenvalue weighted by molar-refractivity contribution is 5.48. The van der Waals surface area contributed by atoms with Gasteiger partial charge in [0.25, 0.3) is 0 Å². The van der Waals surface area contributed by atoms with Gasteiger partial charge in [-0.3, -0.25) is 0 Å². The van der Waals surface area contributed by atoms with Crippen LogP contribution in [-0.4, -0.2) is 19.2 Å². The third-order valence-electron chi connectivity index (χ3n) is 5.06. The Morgan fingerprint density at radius 3 is 2.19 bits per heavy atom. The maximum absolute atomic E-state index is 6.11. The van der Waals surface area contributed by atoms with Crippen LogP contribution in [0.15, 0.2) is 24.3 Å². The van der Waals surface area contributed by atoms with Crippen molar-refractivity contribution in [1.29, 1.82) is 0 Å². The van der Waals surface area contributed by atoms with Crippen molar-refractivity contribution in [2.24, 2.45) is 17.1 Å². The lowest BCUT2D eigenvalue weighted by molar-refractivity contribution is 0.145. The summed E-state index contributed by atoms with van der Waals surface area (Å²) in [4.78, 5) is 0. The Bertz CT molecular complexity index is 439. The van der Waals surface area contributed by atoms with Gasteiger partial charge in [-0.05, 0) is 61.3 Å². The number of hydrogen-bond acceptors (Lipinski definition) is 3. The first kappa shape index (κ1) is 16.2. The molecule has 118 valence electrons. The van der Waals surface area contributed by atoms with E-state index in [1.807, 2.05) is 12.1 Å². The third kappa shape index (κ3) is 3.91. The van der Waals surface area contributed by atoms with Crippen molar-refractivity contribution in [2.45, 2.75) is 52.0 Å². The fraction of sp³-hybridized carbons (Fsp3) is 0.667. The average Bonchev–Trinajstić information content (AvgIpc) is 2.47. The van der Waals surface area contributed by atoms with Crippen LogP contribution in [0.1, 0.15) is 46.5 Å². The number of anilines is 1. The minimum Gasteiger partial charge on any atom is -0.497 e. The van der Waals surface area contributed by atoms with E-state index in [-0.39, 0.29) is 5.54 Å². The predicted molar refractivity (Wildman–Crippen MR) is 89.8 cm³/mol. The van der Waals surface area contributed by atoms with Gasteiger partial charge in [0.15, 0.2) is 0 Å². The fourth-order valence-corrected chi connectivity index (χ4v) is 3.40. The molecule has 0 unspecified atom stereocenters. The summed E-state index contributed by atoms with van der Waals surface area (Å²) in [6.45, 7) is 7.74. The summed E-state index contributed by atoms with van der Waals surface area (Å²) in [7, 11) is 1.69. The number of hydrogen-bond donors (Lipinski definition) is 2. The van der Waals surface area contributed by atoms with Gasteiger partial charge in [-0.1, -0.05) is 20.8 Å². The summed E-state index contributed by atoms with van der Waals surface area (Å²) in [5, 5.41) is 3.69. The molecule has 0 saturated heterocycles. The van der Waals surface area contributed by atoms with Crippen LogP contribution in [0.2, 0.25) is 0 Å². The lowest BCUT2D eigenvalue weighted by atomic mass is 9.67. The number of ether oxygens (including phenoxy) is 1. The van der Waals surface area contributed by atoms with Gasteiger partial charge in [-0.2, -0.15) is 0 Å². The van der Waals surface area contributed by atoms with Crippen LogP contribution in [0, 0.1) is 11.3 Å². The van der Waals surface area contributed by atoms with Gasteiger partial charge < -0.3 is 15.8 Å². The SMILES string of the molecule is COc1ccc(NC2(CN)CCC(C(C)(C)C)CC2)cc1. The maximum Gasteiger partial charge on any atom is 0.119 e. The quantitative estimate of drug-likeness (QED) is 0.879. The standard InChI is InChI=1S/C18H30N2O/c1-17(2,3)14-9-11-18(13-19,12-10-14)20-15-5-7-16(21-4)8-6-15/h5-8,14,20H,9-13,19H2,1-4H3. The second-order valence-corrected chi connectivity index (χ2v) is 7.48. The van der Waals surface area contributed by atoms with Gasteiger partial charge in [0.05, 0.1) is 7.11 Å². The lowest BCUT2D eigenvalue weighted by Crippen LogP contribution is -2.49. The molecule has 1 aliphatic rings. The van der Waals surface area contributed by atoms with Crippen molar-refractivity contribution in [3.8, 4) is 5.75 Å². The molecule has 21 heavy (non-hydrogen) atoms. The highest BCUT2D eigenvalue weighted by Crippen LogP contribution is 2.42. The zero-order valence-corrected chi connectivity index (χ0v) is 13.9. The Morgan fingerprint density at radius 2 is 1.76 bits per heavy atom. The summed E-state index contributed by atoms with van der Waals surface area (Å²) in [6, 6.07) is 8.14. The maximum atomic E-state index is 6.11. The zero-order valence-electron chi connectivity index (χ0n) is 13.9. The first-order valence-corrected chi connectivity index (χ1v) is 8.01. The van der Waals surface area contributed by atoms with Crippen molar-refractivity contribution in [3.63, 3.8) is 0 Å². The first-order chi connectivity index (χ1) is 9.88. The molecular formula is C18H30N2O. The van der Waals surface area contributed by atoms with Crippen LogP contribution >= 0.6 is 0 Å². The largest absolute Gasteiger partial charge is 0.497 e. The molecule has 0 amide bonds. The predicted octanol–water partition coefficient (Wildman–Crippen LogP) is 4.04. The smallest absolute Gasteiger partial charge is 0.119 e. The number of rotatable bonds is 4. The minimum absolute atomic E-state index is 0.0519. The van der Waals surface area contributed by atoms with Crippen molar-refractivity contribution >= 4 is 5.69 Å². The van der Waals surface area contributed by atoms with E-state index in [4.69, 9.17) is 10.5 Å².